The summed E-state index contributed by atoms with van der Waals surface area (Å²) in [4.78, 5) is 11.4. The van der Waals surface area contributed by atoms with Gasteiger partial charge in [0.25, 0.3) is 10.0 Å². The number of carbonyl (C=O) groups excluding carboxylic acids is 1. The number of hydrogen-bond donors (Lipinski definition) is 2. The van der Waals surface area contributed by atoms with E-state index in [1.54, 1.807) is 4.72 Å². The Morgan fingerprint density at radius 2 is 1.82 bits per heavy atom. The Kier molecular flexibility index (Phi) is 5.28. The van der Waals surface area contributed by atoms with E-state index in [9.17, 15) is 30.8 Å². The minimum atomic E-state index is -5.14. The van der Waals surface area contributed by atoms with Crippen molar-refractivity contribution in [1.82, 2.24) is 0 Å². The van der Waals surface area contributed by atoms with Gasteiger partial charge in [0.1, 0.15) is 11.4 Å². The number of amides is 1. The molecule has 0 radical (unpaired) electrons. The Morgan fingerprint density at radius 1 is 1.14 bits per heavy atom. The number of carbonyl (C=O) groups is 1. The Labute approximate surface area is 162 Å². The molecule has 1 aliphatic carbocycles. The fourth-order valence-corrected chi connectivity index (χ4v) is 3.86. The zero-order valence-electron chi connectivity index (χ0n) is 14.0. The van der Waals surface area contributed by atoms with Crippen LogP contribution in [0, 0.1) is 11.7 Å². The lowest BCUT2D eigenvalue weighted by Gasteiger charge is -2.19. The molecule has 0 unspecified atom stereocenters. The van der Waals surface area contributed by atoms with Gasteiger partial charge in [0.15, 0.2) is 0 Å². The molecule has 1 fully saturated rings. The number of sulfonamides is 1. The highest BCUT2D eigenvalue weighted by Crippen LogP contribution is 2.43. The van der Waals surface area contributed by atoms with Crippen LogP contribution in [-0.2, 0) is 21.0 Å². The molecule has 2 aromatic carbocycles. The summed E-state index contributed by atoms with van der Waals surface area (Å²) in [5, 5.41) is 2.13. The maximum Gasteiger partial charge on any atom is 0.420 e. The number of alkyl halides is 3. The maximum atomic E-state index is 14.2. The molecule has 2 aromatic rings. The van der Waals surface area contributed by atoms with E-state index < -0.39 is 55.7 Å². The normalized spacial score (nSPS) is 14.6. The fourth-order valence-electron chi connectivity index (χ4n) is 2.48. The minimum Gasteiger partial charge on any atom is -0.325 e. The van der Waals surface area contributed by atoms with Gasteiger partial charge in [-0.1, -0.05) is 17.7 Å². The van der Waals surface area contributed by atoms with Crippen molar-refractivity contribution < 1.29 is 30.8 Å². The second kappa shape index (κ2) is 7.25. The molecule has 1 amide bonds. The van der Waals surface area contributed by atoms with E-state index in [4.69, 9.17) is 11.6 Å². The summed E-state index contributed by atoms with van der Waals surface area (Å²) >= 11 is 5.71. The molecular formula is C17H13ClF4N2O3S. The van der Waals surface area contributed by atoms with Gasteiger partial charge in [0, 0.05) is 10.9 Å². The van der Waals surface area contributed by atoms with Crippen LogP contribution in [0.15, 0.2) is 41.3 Å². The highest BCUT2D eigenvalue weighted by Gasteiger charge is 2.40. The van der Waals surface area contributed by atoms with E-state index in [0.29, 0.717) is 18.9 Å². The molecule has 150 valence electrons. The van der Waals surface area contributed by atoms with Crippen LogP contribution in [0.4, 0.5) is 28.9 Å². The predicted molar refractivity (Wildman–Crippen MR) is 95.0 cm³/mol. The first-order valence-corrected chi connectivity index (χ1v) is 9.84. The average molecular weight is 437 g/mol. The van der Waals surface area contributed by atoms with Crippen LogP contribution in [0.5, 0.6) is 0 Å². The Morgan fingerprint density at radius 3 is 2.39 bits per heavy atom. The fraction of sp³-hybridized carbons (Fsp3) is 0.235. The number of nitrogens with one attached hydrogen (secondary N) is 2. The van der Waals surface area contributed by atoms with E-state index in [2.05, 4.69) is 5.32 Å². The van der Waals surface area contributed by atoms with Crippen molar-refractivity contribution in [2.45, 2.75) is 23.9 Å². The third kappa shape index (κ3) is 4.39. The van der Waals surface area contributed by atoms with Gasteiger partial charge in [-0.3, -0.25) is 9.52 Å². The van der Waals surface area contributed by atoms with E-state index in [1.807, 2.05) is 0 Å². The Hall–Kier alpha value is -2.33. The number of halogens is 5. The second-order valence-corrected chi connectivity index (χ2v) is 8.29. The quantitative estimate of drug-likeness (QED) is 0.670. The van der Waals surface area contributed by atoms with Crippen molar-refractivity contribution in [3.63, 3.8) is 0 Å². The lowest BCUT2D eigenvalue weighted by atomic mass is 10.1. The lowest BCUT2D eigenvalue weighted by Crippen LogP contribution is -2.22. The van der Waals surface area contributed by atoms with E-state index in [0.717, 1.165) is 18.2 Å². The van der Waals surface area contributed by atoms with Gasteiger partial charge in [-0.15, -0.1) is 0 Å². The summed E-state index contributed by atoms with van der Waals surface area (Å²) in [5.74, 6) is -2.49. The van der Waals surface area contributed by atoms with Crippen molar-refractivity contribution in [2.24, 2.45) is 5.92 Å². The molecule has 0 bridgehead atoms. The largest absolute Gasteiger partial charge is 0.420 e. The van der Waals surface area contributed by atoms with Crippen molar-refractivity contribution in [3.05, 3.63) is 52.8 Å². The van der Waals surface area contributed by atoms with Crippen LogP contribution in [0.25, 0.3) is 0 Å². The summed E-state index contributed by atoms with van der Waals surface area (Å²) in [5.41, 5.74) is -3.65. The smallest absolute Gasteiger partial charge is 0.325 e. The molecule has 0 saturated heterocycles. The molecule has 0 aliphatic heterocycles. The Balaban J connectivity index is 2.07. The molecule has 5 nitrogen and oxygen atoms in total. The van der Waals surface area contributed by atoms with Crippen molar-refractivity contribution >= 4 is 38.9 Å². The van der Waals surface area contributed by atoms with Crippen LogP contribution in [0.2, 0.25) is 5.02 Å². The zero-order valence-corrected chi connectivity index (χ0v) is 15.6. The van der Waals surface area contributed by atoms with Gasteiger partial charge in [0.2, 0.25) is 5.91 Å². The van der Waals surface area contributed by atoms with Crippen molar-refractivity contribution in [3.8, 4) is 0 Å². The lowest BCUT2D eigenvalue weighted by molar-refractivity contribution is -0.136. The van der Waals surface area contributed by atoms with E-state index >= 15 is 0 Å². The summed E-state index contributed by atoms with van der Waals surface area (Å²) in [6, 6.07) is 6.15. The third-order valence-electron chi connectivity index (χ3n) is 3.99. The predicted octanol–water partition coefficient (Wildman–Crippen LogP) is 4.65. The monoisotopic (exact) mass is 436 g/mol. The first kappa shape index (κ1) is 20.4. The van der Waals surface area contributed by atoms with Crippen LogP contribution in [-0.4, -0.2) is 14.3 Å². The van der Waals surface area contributed by atoms with Crippen molar-refractivity contribution in [1.29, 1.82) is 0 Å². The molecule has 11 heteroatoms. The molecule has 28 heavy (non-hydrogen) atoms. The van der Waals surface area contributed by atoms with Gasteiger partial charge in [-0.2, -0.15) is 13.2 Å². The molecule has 1 saturated carbocycles. The van der Waals surface area contributed by atoms with E-state index in [1.165, 1.54) is 12.1 Å². The highest BCUT2D eigenvalue weighted by molar-refractivity contribution is 7.92. The van der Waals surface area contributed by atoms with Gasteiger partial charge >= 0.3 is 6.18 Å². The van der Waals surface area contributed by atoms with Crippen LogP contribution in [0.1, 0.15) is 18.4 Å². The minimum absolute atomic E-state index is 0.0323. The number of benzene rings is 2. The van der Waals surface area contributed by atoms with Crippen LogP contribution < -0.4 is 10.0 Å². The van der Waals surface area contributed by atoms with Crippen molar-refractivity contribution in [2.75, 3.05) is 10.0 Å². The van der Waals surface area contributed by atoms with Gasteiger partial charge in [-0.25, -0.2) is 12.8 Å². The third-order valence-corrected chi connectivity index (χ3v) is 5.57. The molecule has 0 spiro atoms. The van der Waals surface area contributed by atoms with E-state index in [-0.39, 0.29) is 5.02 Å². The van der Waals surface area contributed by atoms with Gasteiger partial charge in [0.05, 0.1) is 16.3 Å². The van der Waals surface area contributed by atoms with Gasteiger partial charge in [-0.05, 0) is 43.2 Å². The maximum absolute atomic E-state index is 14.2. The van der Waals surface area contributed by atoms with Gasteiger partial charge < -0.3 is 5.32 Å². The second-order valence-electron chi connectivity index (χ2n) is 6.17. The standard InChI is InChI=1S/C17H13ClF4N2O3S/c18-10-2-1-3-11(8-10)28(26,27)24-15-12(19)6-7-13(14(15)17(20,21)22)23-16(25)9-4-5-9/h1-3,6-9,24H,4-5H2,(H,23,25). The summed E-state index contributed by atoms with van der Waals surface area (Å²) in [6.07, 6.45) is -4.05. The highest BCUT2D eigenvalue weighted by atomic mass is 35.5. The SMILES string of the molecule is O=C(Nc1ccc(F)c(NS(=O)(=O)c2cccc(Cl)c2)c1C(F)(F)F)C1CC1. The number of hydrogen-bond acceptors (Lipinski definition) is 3. The molecule has 3 rings (SSSR count). The summed E-state index contributed by atoms with van der Waals surface area (Å²) < 4.78 is 81.6. The Bertz CT molecular complexity index is 1040. The van der Waals surface area contributed by atoms with Crippen LogP contribution >= 0.6 is 11.6 Å². The van der Waals surface area contributed by atoms with Crippen LogP contribution in [0.3, 0.4) is 0 Å². The first-order valence-electron chi connectivity index (χ1n) is 7.98. The number of anilines is 2. The molecule has 2 N–H and O–H groups in total. The number of rotatable bonds is 5. The average Bonchev–Trinajstić information content (AvgIpc) is 3.41. The topological polar surface area (TPSA) is 75.3 Å². The molecule has 0 heterocycles. The molecular weight excluding hydrogens is 424 g/mol. The molecule has 1 aliphatic rings. The summed E-state index contributed by atoms with van der Waals surface area (Å²) in [6.45, 7) is 0. The summed E-state index contributed by atoms with van der Waals surface area (Å²) in [7, 11) is -4.58. The first-order chi connectivity index (χ1) is 13.0. The zero-order chi connectivity index (χ0) is 20.7. The molecule has 0 aromatic heterocycles. The molecule has 0 atom stereocenters.